The Hall–Kier alpha value is -1.63. The average molecular weight is 332 g/mol. The lowest BCUT2D eigenvalue weighted by Crippen LogP contribution is -2.41. The minimum absolute atomic E-state index is 0.0782. The third-order valence-corrected chi connectivity index (χ3v) is 4.84. The van der Waals surface area contributed by atoms with Gasteiger partial charge in [0, 0.05) is 0 Å². The Labute approximate surface area is 143 Å². The molecule has 0 amide bonds. The molecule has 24 heavy (non-hydrogen) atoms. The van der Waals surface area contributed by atoms with Crippen molar-refractivity contribution in [2.75, 3.05) is 6.61 Å². The smallest absolute Gasteiger partial charge is 0.492 e. The summed E-state index contributed by atoms with van der Waals surface area (Å²) >= 11 is 0. The van der Waals surface area contributed by atoms with Crippen LogP contribution >= 0.6 is 0 Å². The number of hydrogen-bond acceptors (Lipinski definition) is 5. The SMILES string of the molecule is CC(=O)c1cc(C)c(C=C(CO)B2OC(C)(C)C(C)(C)O2)cc1O. The van der Waals surface area contributed by atoms with Crippen molar-refractivity contribution in [2.45, 2.75) is 52.7 Å². The average Bonchev–Trinajstić information content (AvgIpc) is 2.67. The summed E-state index contributed by atoms with van der Waals surface area (Å²) in [6.45, 7) is 10.8. The number of aliphatic hydroxyl groups excluding tert-OH is 1. The van der Waals surface area contributed by atoms with Crippen molar-refractivity contribution in [1.29, 1.82) is 0 Å². The van der Waals surface area contributed by atoms with Gasteiger partial charge in [-0.2, -0.15) is 0 Å². The van der Waals surface area contributed by atoms with E-state index >= 15 is 0 Å². The number of aliphatic hydroxyl groups is 1. The van der Waals surface area contributed by atoms with Gasteiger partial charge in [0.1, 0.15) is 5.75 Å². The fourth-order valence-corrected chi connectivity index (χ4v) is 2.53. The van der Waals surface area contributed by atoms with Gasteiger partial charge in [0.15, 0.2) is 5.78 Å². The van der Waals surface area contributed by atoms with Gasteiger partial charge in [-0.3, -0.25) is 4.79 Å². The zero-order valence-corrected chi connectivity index (χ0v) is 15.1. The first-order valence-electron chi connectivity index (χ1n) is 8.00. The molecule has 1 saturated heterocycles. The number of phenols is 1. The molecule has 0 unspecified atom stereocenters. The molecule has 2 N–H and O–H groups in total. The summed E-state index contributed by atoms with van der Waals surface area (Å²) < 4.78 is 11.9. The summed E-state index contributed by atoms with van der Waals surface area (Å²) in [4.78, 5) is 11.5. The third kappa shape index (κ3) is 3.41. The van der Waals surface area contributed by atoms with E-state index in [9.17, 15) is 15.0 Å². The lowest BCUT2D eigenvalue weighted by Gasteiger charge is -2.32. The number of hydrogen-bond donors (Lipinski definition) is 2. The molecule has 1 fully saturated rings. The van der Waals surface area contributed by atoms with Crippen molar-refractivity contribution in [3.8, 4) is 5.75 Å². The predicted octanol–water partition coefficient (Wildman–Crippen LogP) is 2.91. The Morgan fingerprint density at radius 1 is 1.21 bits per heavy atom. The van der Waals surface area contributed by atoms with Crippen molar-refractivity contribution in [1.82, 2.24) is 0 Å². The molecule has 5 nitrogen and oxygen atoms in total. The van der Waals surface area contributed by atoms with Gasteiger partial charge in [-0.05, 0) is 70.3 Å². The van der Waals surface area contributed by atoms with Crippen LogP contribution in [0.4, 0.5) is 0 Å². The maximum absolute atomic E-state index is 11.5. The minimum atomic E-state index is -0.658. The van der Waals surface area contributed by atoms with Crippen LogP contribution in [0.2, 0.25) is 0 Å². The first-order valence-corrected chi connectivity index (χ1v) is 8.00. The molecule has 0 aromatic heterocycles. The van der Waals surface area contributed by atoms with E-state index in [0.717, 1.165) is 5.56 Å². The van der Waals surface area contributed by atoms with Gasteiger partial charge >= 0.3 is 7.12 Å². The molecule has 0 aliphatic carbocycles. The van der Waals surface area contributed by atoms with E-state index in [1.807, 2.05) is 34.6 Å². The Bertz CT molecular complexity index is 675. The first-order chi connectivity index (χ1) is 11.0. The largest absolute Gasteiger partial charge is 0.507 e. The number of aromatic hydroxyl groups is 1. The highest BCUT2D eigenvalue weighted by Gasteiger charge is 2.52. The molecule has 0 bridgehead atoms. The van der Waals surface area contributed by atoms with Gasteiger partial charge in [-0.25, -0.2) is 0 Å². The molecule has 1 aromatic rings. The molecule has 1 aliphatic rings. The Balaban J connectivity index is 2.39. The molecule has 0 radical (unpaired) electrons. The summed E-state index contributed by atoms with van der Waals surface area (Å²) in [6, 6.07) is 3.16. The quantitative estimate of drug-likeness (QED) is 0.655. The van der Waals surface area contributed by atoms with Gasteiger partial charge < -0.3 is 19.5 Å². The van der Waals surface area contributed by atoms with Crippen LogP contribution in [-0.4, -0.2) is 40.9 Å². The normalized spacial score (nSPS) is 19.6. The number of Topliss-reactive ketones (excluding diaryl/α,β-unsaturated/α-hetero) is 1. The highest BCUT2D eigenvalue weighted by Crippen LogP contribution is 2.39. The van der Waals surface area contributed by atoms with E-state index in [0.29, 0.717) is 11.0 Å². The lowest BCUT2D eigenvalue weighted by atomic mass is 9.77. The molecule has 130 valence electrons. The van der Waals surface area contributed by atoms with Crippen LogP contribution in [0.5, 0.6) is 5.75 Å². The summed E-state index contributed by atoms with van der Waals surface area (Å²) in [6.07, 6.45) is 1.74. The number of aryl methyl sites for hydroxylation is 1. The molecular weight excluding hydrogens is 307 g/mol. The zero-order chi connectivity index (χ0) is 18.3. The maximum atomic E-state index is 11.5. The third-order valence-electron chi connectivity index (χ3n) is 4.84. The second-order valence-corrected chi connectivity index (χ2v) is 7.25. The molecule has 0 atom stereocenters. The van der Waals surface area contributed by atoms with Gasteiger partial charge in [-0.15, -0.1) is 0 Å². The molecule has 2 rings (SSSR count). The number of carbonyl (C=O) groups is 1. The van der Waals surface area contributed by atoms with Crippen molar-refractivity contribution in [2.24, 2.45) is 0 Å². The van der Waals surface area contributed by atoms with E-state index in [2.05, 4.69) is 0 Å². The molecule has 1 aliphatic heterocycles. The van der Waals surface area contributed by atoms with Crippen LogP contribution in [0.15, 0.2) is 17.6 Å². The monoisotopic (exact) mass is 332 g/mol. The van der Waals surface area contributed by atoms with E-state index in [1.54, 1.807) is 12.1 Å². The predicted molar refractivity (Wildman–Crippen MR) is 94.0 cm³/mol. The summed E-state index contributed by atoms with van der Waals surface area (Å²) in [5.41, 5.74) is 1.37. The van der Waals surface area contributed by atoms with Crippen LogP contribution in [0.1, 0.15) is 56.1 Å². The van der Waals surface area contributed by atoms with E-state index in [1.165, 1.54) is 13.0 Å². The Kier molecular flexibility index (Phi) is 4.95. The standard InChI is InChI=1S/C18H25BO5/c1-11-7-15(12(2)21)16(22)9-13(11)8-14(10-20)19-23-17(3,4)18(5,6)24-19/h7-9,20,22H,10H2,1-6H3. The Morgan fingerprint density at radius 3 is 2.21 bits per heavy atom. The topological polar surface area (TPSA) is 76.0 Å². The van der Waals surface area contributed by atoms with Gasteiger partial charge in [0.25, 0.3) is 0 Å². The fourth-order valence-electron chi connectivity index (χ4n) is 2.53. The highest BCUT2D eigenvalue weighted by molar-refractivity contribution is 6.55. The highest BCUT2D eigenvalue weighted by atomic mass is 16.7. The van der Waals surface area contributed by atoms with Crippen molar-refractivity contribution in [3.63, 3.8) is 0 Å². The summed E-state index contributed by atoms with van der Waals surface area (Å²) in [7, 11) is -0.658. The Morgan fingerprint density at radius 2 is 1.75 bits per heavy atom. The van der Waals surface area contributed by atoms with Gasteiger partial charge in [0.2, 0.25) is 0 Å². The number of benzene rings is 1. The maximum Gasteiger partial charge on any atom is 0.492 e. The van der Waals surface area contributed by atoms with Gasteiger partial charge in [-0.1, -0.05) is 6.08 Å². The summed E-state index contributed by atoms with van der Waals surface area (Å²) in [5.74, 6) is -0.273. The van der Waals surface area contributed by atoms with Crippen LogP contribution in [0.25, 0.3) is 6.08 Å². The van der Waals surface area contributed by atoms with Crippen molar-refractivity contribution in [3.05, 3.63) is 34.3 Å². The van der Waals surface area contributed by atoms with E-state index < -0.39 is 18.3 Å². The molecular formula is C18H25BO5. The number of carbonyl (C=O) groups excluding carboxylic acids is 1. The molecule has 1 aromatic carbocycles. The molecule has 6 heteroatoms. The lowest BCUT2D eigenvalue weighted by molar-refractivity contribution is 0.00578. The molecule has 1 heterocycles. The minimum Gasteiger partial charge on any atom is -0.507 e. The fraction of sp³-hybridized carbons (Fsp3) is 0.500. The second kappa shape index (κ2) is 6.35. The van der Waals surface area contributed by atoms with Crippen LogP contribution in [0, 0.1) is 6.92 Å². The summed E-state index contributed by atoms with van der Waals surface area (Å²) in [5, 5.41) is 19.8. The number of phenolic OH excluding ortho intramolecular Hbond substituents is 1. The van der Waals surface area contributed by atoms with Crippen LogP contribution in [-0.2, 0) is 9.31 Å². The van der Waals surface area contributed by atoms with Crippen LogP contribution in [0.3, 0.4) is 0 Å². The van der Waals surface area contributed by atoms with E-state index in [4.69, 9.17) is 9.31 Å². The van der Waals surface area contributed by atoms with Crippen LogP contribution < -0.4 is 0 Å². The number of rotatable bonds is 4. The zero-order valence-electron chi connectivity index (χ0n) is 15.1. The first kappa shape index (κ1) is 18.7. The van der Waals surface area contributed by atoms with Gasteiger partial charge in [0.05, 0.1) is 23.4 Å². The van der Waals surface area contributed by atoms with Crippen molar-refractivity contribution >= 4 is 19.0 Å². The molecule has 0 spiro atoms. The second-order valence-electron chi connectivity index (χ2n) is 7.25. The van der Waals surface area contributed by atoms with E-state index in [-0.39, 0.29) is 23.7 Å². The number of ketones is 1. The van der Waals surface area contributed by atoms with Crippen molar-refractivity contribution < 1.29 is 24.3 Å². The molecule has 0 saturated carbocycles.